The number of nitrogens with zero attached hydrogens (tertiary/aromatic N) is 4. The standard InChI is InChI=1S/C17H23BrN4O2/c1-17(2,3)24-16(23)21-8-4-5-12(10-21)11-22-15-7-6-13(18)9-14(15)19-20-22/h6-7,9,12H,4-5,8,10-11H2,1-3H3. The second-order valence-electron chi connectivity index (χ2n) is 7.34. The Morgan fingerprint density at radius 1 is 1.42 bits per heavy atom. The van der Waals surface area contributed by atoms with Crippen molar-refractivity contribution < 1.29 is 9.53 Å². The molecule has 1 aliphatic rings. The molecule has 7 heteroatoms. The van der Waals surface area contributed by atoms with Crippen LogP contribution in [0.15, 0.2) is 22.7 Å². The highest BCUT2D eigenvalue weighted by atomic mass is 79.9. The highest BCUT2D eigenvalue weighted by molar-refractivity contribution is 9.10. The van der Waals surface area contributed by atoms with Crippen LogP contribution in [0.1, 0.15) is 33.6 Å². The zero-order valence-corrected chi connectivity index (χ0v) is 15.9. The molecule has 1 aliphatic heterocycles. The van der Waals surface area contributed by atoms with Gasteiger partial charge in [0.25, 0.3) is 0 Å². The summed E-state index contributed by atoms with van der Waals surface area (Å²) in [7, 11) is 0. The number of benzene rings is 1. The first-order valence-electron chi connectivity index (χ1n) is 8.28. The van der Waals surface area contributed by atoms with Gasteiger partial charge in [-0.25, -0.2) is 9.48 Å². The Kier molecular flexibility index (Phi) is 4.80. The normalized spacial score (nSPS) is 18.8. The molecule has 1 atom stereocenters. The number of piperidine rings is 1. The SMILES string of the molecule is CC(C)(C)OC(=O)N1CCCC(Cn2nnc3cc(Br)ccc32)C1. The molecule has 24 heavy (non-hydrogen) atoms. The second kappa shape index (κ2) is 6.70. The smallest absolute Gasteiger partial charge is 0.410 e. The first-order chi connectivity index (χ1) is 11.3. The van der Waals surface area contributed by atoms with E-state index in [0.29, 0.717) is 12.5 Å². The maximum absolute atomic E-state index is 12.3. The molecule has 1 aromatic heterocycles. The van der Waals surface area contributed by atoms with Crippen LogP contribution < -0.4 is 0 Å². The number of likely N-dealkylation sites (tertiary alicyclic amines) is 1. The molecule has 0 saturated carbocycles. The van der Waals surface area contributed by atoms with Crippen LogP contribution in [-0.4, -0.2) is 44.7 Å². The molecule has 0 bridgehead atoms. The predicted molar refractivity (Wildman–Crippen MR) is 95.8 cm³/mol. The largest absolute Gasteiger partial charge is 0.444 e. The molecule has 2 aromatic rings. The van der Waals surface area contributed by atoms with Crippen molar-refractivity contribution in [3.05, 3.63) is 22.7 Å². The molecule has 0 spiro atoms. The molecule has 0 aliphatic carbocycles. The van der Waals surface area contributed by atoms with Gasteiger partial charge < -0.3 is 9.64 Å². The monoisotopic (exact) mass is 394 g/mol. The zero-order chi connectivity index (χ0) is 17.3. The van der Waals surface area contributed by atoms with Gasteiger partial charge in [0, 0.05) is 24.1 Å². The van der Waals surface area contributed by atoms with E-state index in [4.69, 9.17) is 4.74 Å². The highest BCUT2D eigenvalue weighted by Crippen LogP contribution is 2.23. The Morgan fingerprint density at radius 2 is 2.21 bits per heavy atom. The third kappa shape index (κ3) is 4.06. The molecule has 1 aromatic carbocycles. The molecule has 6 nitrogen and oxygen atoms in total. The van der Waals surface area contributed by atoms with Gasteiger partial charge in [0.15, 0.2) is 0 Å². The predicted octanol–water partition coefficient (Wildman–Crippen LogP) is 3.84. The van der Waals surface area contributed by atoms with Crippen molar-refractivity contribution in [2.24, 2.45) is 5.92 Å². The molecule has 1 saturated heterocycles. The number of ether oxygens (including phenoxy) is 1. The minimum Gasteiger partial charge on any atom is -0.444 e. The summed E-state index contributed by atoms with van der Waals surface area (Å²) in [6.45, 7) is 7.91. The van der Waals surface area contributed by atoms with E-state index in [2.05, 4.69) is 26.2 Å². The lowest BCUT2D eigenvalue weighted by molar-refractivity contribution is 0.0156. The Balaban J connectivity index is 1.67. The Morgan fingerprint density at radius 3 is 2.96 bits per heavy atom. The summed E-state index contributed by atoms with van der Waals surface area (Å²) >= 11 is 3.45. The number of hydrogen-bond acceptors (Lipinski definition) is 4. The number of carbonyl (C=O) groups is 1. The second-order valence-corrected chi connectivity index (χ2v) is 8.25. The lowest BCUT2D eigenvalue weighted by Gasteiger charge is -2.34. The van der Waals surface area contributed by atoms with Crippen LogP contribution in [0, 0.1) is 5.92 Å². The minimum atomic E-state index is -0.459. The number of hydrogen-bond donors (Lipinski definition) is 0. The summed E-state index contributed by atoms with van der Waals surface area (Å²) < 4.78 is 8.42. The van der Waals surface area contributed by atoms with E-state index in [9.17, 15) is 4.79 Å². The average molecular weight is 395 g/mol. The van der Waals surface area contributed by atoms with Gasteiger partial charge in [-0.2, -0.15) is 0 Å². The van der Waals surface area contributed by atoms with Crippen molar-refractivity contribution >= 4 is 33.1 Å². The molecule has 130 valence electrons. The van der Waals surface area contributed by atoms with Gasteiger partial charge in [-0.3, -0.25) is 0 Å². The highest BCUT2D eigenvalue weighted by Gasteiger charge is 2.28. The quantitative estimate of drug-likeness (QED) is 0.775. The van der Waals surface area contributed by atoms with Crippen molar-refractivity contribution in [1.82, 2.24) is 19.9 Å². The van der Waals surface area contributed by atoms with E-state index in [1.807, 2.05) is 48.6 Å². The number of aromatic nitrogens is 3. The third-order valence-electron chi connectivity index (χ3n) is 4.08. The van der Waals surface area contributed by atoms with Crippen LogP contribution in [0.5, 0.6) is 0 Å². The van der Waals surface area contributed by atoms with E-state index >= 15 is 0 Å². The van der Waals surface area contributed by atoms with Crippen LogP contribution in [0.3, 0.4) is 0 Å². The molecule has 1 unspecified atom stereocenters. The van der Waals surface area contributed by atoms with Crippen molar-refractivity contribution in [2.75, 3.05) is 13.1 Å². The van der Waals surface area contributed by atoms with E-state index in [-0.39, 0.29) is 6.09 Å². The first kappa shape index (κ1) is 17.2. The van der Waals surface area contributed by atoms with E-state index in [1.54, 1.807) is 0 Å². The Labute approximate surface area is 150 Å². The van der Waals surface area contributed by atoms with Gasteiger partial charge in [0.1, 0.15) is 11.1 Å². The van der Waals surface area contributed by atoms with Crippen LogP contribution >= 0.6 is 15.9 Å². The number of carbonyl (C=O) groups excluding carboxylic acids is 1. The topological polar surface area (TPSA) is 60.2 Å². The summed E-state index contributed by atoms with van der Waals surface area (Å²) in [5.41, 5.74) is 1.44. The lowest BCUT2D eigenvalue weighted by atomic mass is 9.98. The van der Waals surface area contributed by atoms with Crippen LogP contribution in [0.4, 0.5) is 4.79 Å². The molecular weight excluding hydrogens is 372 g/mol. The van der Waals surface area contributed by atoms with Crippen molar-refractivity contribution in [2.45, 2.75) is 45.8 Å². The average Bonchev–Trinajstić information content (AvgIpc) is 2.88. The molecular formula is C17H23BrN4O2. The number of rotatable bonds is 2. The first-order valence-corrected chi connectivity index (χ1v) is 9.08. The van der Waals surface area contributed by atoms with Crippen LogP contribution in [0.25, 0.3) is 11.0 Å². The number of amides is 1. The molecule has 1 amide bonds. The summed E-state index contributed by atoms with van der Waals surface area (Å²) in [6.07, 6.45) is 1.85. The summed E-state index contributed by atoms with van der Waals surface area (Å²) in [4.78, 5) is 14.1. The van der Waals surface area contributed by atoms with Crippen LogP contribution in [0.2, 0.25) is 0 Å². The van der Waals surface area contributed by atoms with Crippen LogP contribution in [-0.2, 0) is 11.3 Å². The molecule has 3 rings (SSSR count). The van der Waals surface area contributed by atoms with Gasteiger partial charge in [0.05, 0.1) is 5.52 Å². The number of fused-ring (bicyclic) bond motifs is 1. The van der Waals surface area contributed by atoms with Gasteiger partial charge in [-0.15, -0.1) is 5.10 Å². The van der Waals surface area contributed by atoms with Crippen molar-refractivity contribution in [3.8, 4) is 0 Å². The maximum Gasteiger partial charge on any atom is 0.410 e. The number of halogens is 1. The van der Waals surface area contributed by atoms with Crippen molar-refractivity contribution in [3.63, 3.8) is 0 Å². The maximum atomic E-state index is 12.3. The molecule has 1 fully saturated rings. The Hall–Kier alpha value is -1.63. The fourth-order valence-electron chi connectivity index (χ4n) is 3.03. The van der Waals surface area contributed by atoms with Gasteiger partial charge >= 0.3 is 6.09 Å². The van der Waals surface area contributed by atoms with E-state index < -0.39 is 5.60 Å². The third-order valence-corrected chi connectivity index (χ3v) is 4.57. The summed E-state index contributed by atoms with van der Waals surface area (Å²) in [5.74, 6) is 0.361. The van der Waals surface area contributed by atoms with Gasteiger partial charge in [-0.1, -0.05) is 21.1 Å². The van der Waals surface area contributed by atoms with Crippen molar-refractivity contribution in [1.29, 1.82) is 0 Å². The van der Waals surface area contributed by atoms with Gasteiger partial charge in [-0.05, 0) is 57.7 Å². The lowest BCUT2D eigenvalue weighted by Crippen LogP contribution is -2.43. The Bertz CT molecular complexity index is 738. The summed E-state index contributed by atoms with van der Waals surface area (Å²) in [6, 6.07) is 5.98. The van der Waals surface area contributed by atoms with E-state index in [1.165, 1.54) is 0 Å². The zero-order valence-electron chi connectivity index (χ0n) is 14.3. The fourth-order valence-corrected chi connectivity index (χ4v) is 3.38. The van der Waals surface area contributed by atoms with Gasteiger partial charge in [0.2, 0.25) is 0 Å². The minimum absolute atomic E-state index is 0.223. The fraction of sp³-hybridized carbons (Fsp3) is 0.588. The molecule has 2 heterocycles. The van der Waals surface area contributed by atoms with E-state index in [0.717, 1.165) is 41.4 Å². The summed E-state index contributed by atoms with van der Waals surface area (Å²) in [5, 5.41) is 8.50. The molecule has 0 radical (unpaired) electrons. The molecule has 0 N–H and O–H groups in total.